The lowest BCUT2D eigenvalue weighted by Gasteiger charge is -2.35. The highest BCUT2D eigenvalue weighted by molar-refractivity contribution is 6.58. The first-order valence-electron chi connectivity index (χ1n) is 7.75. The van der Waals surface area contributed by atoms with E-state index in [-0.39, 0.29) is 6.42 Å². The first kappa shape index (κ1) is 20.9. The van der Waals surface area contributed by atoms with Crippen LogP contribution in [0.1, 0.15) is 26.3 Å². The smallest absolute Gasteiger partial charge is 0.467 e. The fourth-order valence-electron chi connectivity index (χ4n) is 2.17. The number of nitrogens with zero attached hydrogens (tertiary/aromatic N) is 1. The summed E-state index contributed by atoms with van der Waals surface area (Å²) in [5, 5.41) is 0. The summed E-state index contributed by atoms with van der Waals surface area (Å²) in [6.45, 7) is -0.761. The van der Waals surface area contributed by atoms with E-state index in [1.54, 1.807) is 30.3 Å². The summed E-state index contributed by atoms with van der Waals surface area (Å²) in [7, 11) is 1.06. The van der Waals surface area contributed by atoms with Crippen LogP contribution >= 0.6 is 0 Å². The Morgan fingerprint density at radius 3 is 2.16 bits per heavy atom. The zero-order chi connectivity index (χ0) is 19.3. The second kappa shape index (κ2) is 8.27. The number of carbonyl (C=O) groups excluding carboxylic acids is 2. The molecule has 0 fully saturated rings. The van der Waals surface area contributed by atoms with E-state index in [9.17, 15) is 22.5 Å². The van der Waals surface area contributed by atoms with Crippen LogP contribution < -0.4 is 0 Å². The van der Waals surface area contributed by atoms with Gasteiger partial charge in [0.25, 0.3) is 0 Å². The lowest BCUT2D eigenvalue weighted by Crippen LogP contribution is -2.53. The second-order valence-corrected chi connectivity index (χ2v) is 6.57. The van der Waals surface area contributed by atoms with Crippen LogP contribution in [0.15, 0.2) is 30.3 Å². The molecular formula is C16H22BF3NO4-. The Morgan fingerprint density at radius 1 is 1.16 bits per heavy atom. The number of hydrogen-bond acceptors (Lipinski definition) is 4. The van der Waals surface area contributed by atoms with Gasteiger partial charge >= 0.3 is 19.0 Å². The maximum atomic E-state index is 13.0. The van der Waals surface area contributed by atoms with Crippen molar-refractivity contribution in [2.24, 2.45) is 0 Å². The van der Waals surface area contributed by atoms with E-state index in [4.69, 9.17) is 4.74 Å². The first-order chi connectivity index (χ1) is 11.4. The third-order valence-corrected chi connectivity index (χ3v) is 3.15. The summed E-state index contributed by atoms with van der Waals surface area (Å²) < 4.78 is 48.7. The number of esters is 1. The van der Waals surface area contributed by atoms with Crippen LogP contribution in [-0.2, 0) is 20.7 Å². The molecule has 0 N–H and O–H groups in total. The Hall–Kier alpha value is -2.19. The predicted molar refractivity (Wildman–Crippen MR) is 88.0 cm³/mol. The SMILES string of the molecule is COC(=O)[C@@H](Cc1ccccc1)N(C[B-](F)(F)F)C(=O)OC(C)(C)C. The van der Waals surface area contributed by atoms with E-state index in [1.807, 2.05) is 0 Å². The molecule has 0 radical (unpaired) electrons. The Morgan fingerprint density at radius 2 is 1.72 bits per heavy atom. The Kier molecular flexibility index (Phi) is 6.90. The number of amides is 1. The van der Waals surface area contributed by atoms with Gasteiger partial charge in [-0.05, 0) is 32.8 Å². The first-order valence-corrected chi connectivity index (χ1v) is 7.75. The van der Waals surface area contributed by atoms with Crippen LogP contribution in [0.5, 0.6) is 0 Å². The van der Waals surface area contributed by atoms with Gasteiger partial charge in [0.15, 0.2) is 0 Å². The number of rotatable bonds is 6. The maximum absolute atomic E-state index is 13.0. The quantitative estimate of drug-likeness (QED) is 0.577. The largest absolute Gasteiger partial charge is 0.497 e. The summed E-state index contributed by atoms with van der Waals surface area (Å²) in [6.07, 6.45) is -2.88. The molecule has 9 heteroatoms. The van der Waals surface area contributed by atoms with Crippen molar-refractivity contribution in [2.45, 2.75) is 38.8 Å². The zero-order valence-corrected chi connectivity index (χ0v) is 14.7. The highest BCUT2D eigenvalue weighted by Gasteiger charge is 2.39. The number of halogens is 3. The molecule has 1 aromatic rings. The molecule has 140 valence electrons. The van der Waals surface area contributed by atoms with Crippen molar-refractivity contribution in [1.29, 1.82) is 0 Å². The third-order valence-electron chi connectivity index (χ3n) is 3.15. The molecule has 0 unspecified atom stereocenters. The van der Waals surface area contributed by atoms with Gasteiger partial charge in [-0.15, -0.1) is 0 Å². The van der Waals surface area contributed by atoms with Crippen molar-refractivity contribution in [3.05, 3.63) is 35.9 Å². The molecule has 25 heavy (non-hydrogen) atoms. The molecule has 0 heterocycles. The van der Waals surface area contributed by atoms with Gasteiger partial charge in [-0.25, -0.2) is 9.59 Å². The molecular weight excluding hydrogens is 338 g/mol. The minimum absolute atomic E-state index is 0.112. The average molecular weight is 360 g/mol. The van der Waals surface area contributed by atoms with Gasteiger partial charge in [0.2, 0.25) is 0 Å². The van der Waals surface area contributed by atoms with Crippen LogP contribution in [0.4, 0.5) is 17.7 Å². The van der Waals surface area contributed by atoms with Gasteiger partial charge in [-0.1, -0.05) is 30.3 Å². The molecule has 1 amide bonds. The zero-order valence-electron chi connectivity index (χ0n) is 14.7. The highest BCUT2D eigenvalue weighted by atomic mass is 19.4. The van der Waals surface area contributed by atoms with Crippen molar-refractivity contribution < 1.29 is 32.0 Å². The summed E-state index contributed by atoms with van der Waals surface area (Å²) in [4.78, 5) is 24.8. The number of methoxy groups -OCH3 is 1. The van der Waals surface area contributed by atoms with Gasteiger partial charge in [0.05, 0.1) is 7.11 Å². The fourth-order valence-corrected chi connectivity index (χ4v) is 2.17. The van der Waals surface area contributed by atoms with Crippen molar-refractivity contribution >= 4 is 19.0 Å². The molecule has 0 aliphatic rings. The van der Waals surface area contributed by atoms with Gasteiger partial charge in [-0.2, -0.15) is 0 Å². The van der Waals surface area contributed by atoms with Crippen molar-refractivity contribution in [3.63, 3.8) is 0 Å². The van der Waals surface area contributed by atoms with Gasteiger partial charge in [0, 0.05) is 6.42 Å². The molecule has 0 bridgehead atoms. The summed E-state index contributed by atoms with van der Waals surface area (Å²) >= 11 is 0. The number of hydrogen-bond donors (Lipinski definition) is 0. The molecule has 0 saturated heterocycles. The fraction of sp³-hybridized carbons (Fsp3) is 0.500. The molecule has 0 spiro atoms. The maximum Gasteiger partial charge on any atom is 0.497 e. The van der Waals surface area contributed by atoms with Crippen molar-refractivity contribution in [2.75, 3.05) is 13.6 Å². The normalized spacial score (nSPS) is 13.1. The highest BCUT2D eigenvalue weighted by Crippen LogP contribution is 2.20. The van der Waals surface area contributed by atoms with E-state index < -0.39 is 37.1 Å². The molecule has 0 aliphatic carbocycles. The summed E-state index contributed by atoms with van der Waals surface area (Å²) in [6, 6.07) is 6.99. The number of carbonyl (C=O) groups is 2. The van der Waals surface area contributed by atoms with Crippen LogP contribution in [0, 0.1) is 0 Å². The lowest BCUT2D eigenvalue weighted by atomic mass is 9.89. The van der Waals surface area contributed by atoms with Crippen LogP contribution in [0.2, 0.25) is 0 Å². The lowest BCUT2D eigenvalue weighted by molar-refractivity contribution is -0.146. The standard InChI is InChI=1S/C16H22BF3NO4/c1-16(2,3)25-15(23)21(11-17(18,19)20)13(14(22)24-4)10-12-8-6-5-7-9-12/h5-9,13H,10-11H2,1-4H3/q-1/t13-/m1/s1. The molecule has 0 saturated carbocycles. The molecule has 0 aliphatic heterocycles. The van der Waals surface area contributed by atoms with Gasteiger partial charge in [0.1, 0.15) is 11.6 Å². The molecule has 0 aromatic heterocycles. The summed E-state index contributed by atoms with van der Waals surface area (Å²) in [5.74, 6) is -0.935. The number of benzene rings is 1. The minimum atomic E-state index is -5.36. The summed E-state index contributed by atoms with van der Waals surface area (Å²) in [5.41, 5.74) is -0.400. The second-order valence-electron chi connectivity index (χ2n) is 6.57. The van der Waals surface area contributed by atoms with Gasteiger partial charge in [-0.3, -0.25) is 0 Å². The van der Waals surface area contributed by atoms with E-state index >= 15 is 0 Å². The number of ether oxygens (including phenoxy) is 2. The van der Waals surface area contributed by atoms with E-state index in [1.165, 1.54) is 20.8 Å². The third kappa shape index (κ3) is 7.49. The monoisotopic (exact) mass is 360 g/mol. The van der Waals surface area contributed by atoms with Crippen LogP contribution in [-0.4, -0.2) is 49.1 Å². The van der Waals surface area contributed by atoms with Crippen LogP contribution in [0.3, 0.4) is 0 Å². The minimum Gasteiger partial charge on any atom is -0.467 e. The van der Waals surface area contributed by atoms with E-state index in [2.05, 4.69) is 4.74 Å². The Balaban J connectivity index is 3.17. The predicted octanol–water partition coefficient (Wildman–Crippen LogP) is 3.39. The topological polar surface area (TPSA) is 55.8 Å². The molecule has 1 aromatic carbocycles. The molecule has 1 rings (SSSR count). The van der Waals surface area contributed by atoms with Crippen LogP contribution in [0.25, 0.3) is 0 Å². The van der Waals surface area contributed by atoms with Crippen molar-refractivity contribution in [3.8, 4) is 0 Å². The molecule has 1 atom stereocenters. The average Bonchev–Trinajstić information content (AvgIpc) is 2.48. The molecule has 5 nitrogen and oxygen atoms in total. The van der Waals surface area contributed by atoms with E-state index in [0.29, 0.717) is 10.5 Å². The van der Waals surface area contributed by atoms with E-state index in [0.717, 1.165) is 7.11 Å². The Labute approximate surface area is 145 Å². The van der Waals surface area contributed by atoms with Crippen molar-refractivity contribution in [1.82, 2.24) is 4.90 Å². The van der Waals surface area contributed by atoms with Gasteiger partial charge < -0.3 is 27.3 Å². The Bertz CT molecular complexity index is 587.